The van der Waals surface area contributed by atoms with E-state index in [1.807, 2.05) is 6.92 Å². The Labute approximate surface area is 108 Å². The number of halogens is 1. The molecule has 2 rings (SSSR count). The summed E-state index contributed by atoms with van der Waals surface area (Å²) in [5.41, 5.74) is 0.698. The molecule has 1 unspecified atom stereocenters. The number of nitrogens with one attached hydrogen (secondary N) is 1. The van der Waals surface area contributed by atoms with Gasteiger partial charge in [0.1, 0.15) is 18.2 Å². The van der Waals surface area contributed by atoms with Crippen LogP contribution in [0.4, 0.5) is 16.0 Å². The maximum absolute atomic E-state index is 12.8. The third-order valence-electron chi connectivity index (χ3n) is 2.56. The lowest BCUT2D eigenvalue weighted by Gasteiger charge is -2.13. The molecule has 19 heavy (non-hydrogen) atoms. The standard InChI is InChI=1S/C12H11FN4O2/c1-8(9-2-4-10(13)5-3-9)16-12-14-6-11(7-15-12)17(18)19/h2-8H,1H3,(H,14,15,16). The van der Waals surface area contributed by atoms with E-state index in [9.17, 15) is 14.5 Å². The van der Waals surface area contributed by atoms with Crippen molar-refractivity contribution in [2.24, 2.45) is 0 Å². The van der Waals surface area contributed by atoms with Crippen molar-refractivity contribution < 1.29 is 9.31 Å². The van der Waals surface area contributed by atoms with Gasteiger partial charge >= 0.3 is 5.69 Å². The average molecular weight is 262 g/mol. The molecule has 0 aliphatic heterocycles. The fourth-order valence-electron chi connectivity index (χ4n) is 1.52. The maximum atomic E-state index is 12.8. The highest BCUT2D eigenvalue weighted by Gasteiger charge is 2.10. The van der Waals surface area contributed by atoms with Gasteiger partial charge in [0, 0.05) is 0 Å². The molecule has 0 aliphatic carbocycles. The highest BCUT2D eigenvalue weighted by atomic mass is 19.1. The zero-order valence-corrected chi connectivity index (χ0v) is 10.1. The molecule has 0 radical (unpaired) electrons. The summed E-state index contributed by atoms with van der Waals surface area (Å²) in [7, 11) is 0. The predicted octanol–water partition coefficient (Wildman–Crippen LogP) is 2.70. The Morgan fingerprint density at radius 2 is 1.84 bits per heavy atom. The lowest BCUT2D eigenvalue weighted by molar-refractivity contribution is -0.385. The molecule has 1 heterocycles. The molecule has 0 amide bonds. The van der Waals surface area contributed by atoms with E-state index in [2.05, 4.69) is 15.3 Å². The van der Waals surface area contributed by atoms with Crippen LogP contribution in [0.3, 0.4) is 0 Å². The number of hydrogen-bond acceptors (Lipinski definition) is 5. The number of nitrogens with zero attached hydrogens (tertiary/aromatic N) is 3. The molecule has 7 heteroatoms. The third kappa shape index (κ3) is 3.21. The second kappa shape index (κ2) is 5.38. The number of aromatic nitrogens is 2. The first kappa shape index (κ1) is 12.9. The molecule has 2 aromatic rings. The monoisotopic (exact) mass is 262 g/mol. The van der Waals surface area contributed by atoms with Crippen LogP contribution in [0.1, 0.15) is 18.5 Å². The summed E-state index contributed by atoms with van der Waals surface area (Å²) in [6, 6.07) is 5.90. The van der Waals surface area contributed by atoms with Crippen molar-refractivity contribution in [1.29, 1.82) is 0 Å². The van der Waals surface area contributed by atoms with E-state index in [1.54, 1.807) is 12.1 Å². The molecule has 1 atom stereocenters. The van der Waals surface area contributed by atoms with E-state index >= 15 is 0 Å². The summed E-state index contributed by atoms with van der Waals surface area (Å²) in [5.74, 6) is -0.0232. The van der Waals surface area contributed by atoms with Crippen LogP contribution >= 0.6 is 0 Å². The normalized spacial score (nSPS) is 11.9. The molecular weight excluding hydrogens is 251 g/mol. The lowest BCUT2D eigenvalue weighted by Crippen LogP contribution is -2.09. The van der Waals surface area contributed by atoms with Crippen molar-refractivity contribution in [2.75, 3.05) is 5.32 Å². The molecule has 1 aromatic heterocycles. The van der Waals surface area contributed by atoms with Crippen molar-refractivity contribution in [3.8, 4) is 0 Å². The Hall–Kier alpha value is -2.57. The van der Waals surface area contributed by atoms with E-state index in [-0.39, 0.29) is 23.5 Å². The number of anilines is 1. The smallest absolute Gasteiger partial charge is 0.305 e. The van der Waals surface area contributed by atoms with E-state index in [0.717, 1.165) is 18.0 Å². The molecule has 0 saturated carbocycles. The van der Waals surface area contributed by atoms with Crippen LogP contribution < -0.4 is 5.32 Å². The van der Waals surface area contributed by atoms with Crippen LogP contribution in [0, 0.1) is 15.9 Å². The molecule has 0 spiro atoms. The molecule has 0 bridgehead atoms. The fourth-order valence-corrected chi connectivity index (χ4v) is 1.52. The molecule has 1 aromatic carbocycles. The van der Waals surface area contributed by atoms with Gasteiger partial charge in [-0.25, -0.2) is 14.4 Å². The maximum Gasteiger partial charge on any atom is 0.305 e. The number of rotatable bonds is 4. The zero-order valence-electron chi connectivity index (χ0n) is 10.1. The van der Waals surface area contributed by atoms with Gasteiger partial charge in [0.25, 0.3) is 0 Å². The van der Waals surface area contributed by atoms with E-state index in [1.165, 1.54) is 12.1 Å². The predicted molar refractivity (Wildman–Crippen MR) is 67.1 cm³/mol. The summed E-state index contributed by atoms with van der Waals surface area (Å²) < 4.78 is 12.8. The van der Waals surface area contributed by atoms with Gasteiger partial charge < -0.3 is 5.32 Å². The first-order valence-corrected chi connectivity index (χ1v) is 5.54. The van der Waals surface area contributed by atoms with E-state index in [0.29, 0.717) is 0 Å². The average Bonchev–Trinajstić information content (AvgIpc) is 2.40. The van der Waals surface area contributed by atoms with Crippen molar-refractivity contribution in [3.05, 3.63) is 58.2 Å². The Bertz CT molecular complexity index is 571. The second-order valence-electron chi connectivity index (χ2n) is 3.94. The van der Waals surface area contributed by atoms with Crippen LogP contribution in [0.15, 0.2) is 36.7 Å². The van der Waals surface area contributed by atoms with Crippen LogP contribution in [0.25, 0.3) is 0 Å². The highest BCUT2D eigenvalue weighted by Crippen LogP contribution is 2.17. The number of hydrogen-bond donors (Lipinski definition) is 1. The fraction of sp³-hybridized carbons (Fsp3) is 0.167. The van der Waals surface area contributed by atoms with E-state index in [4.69, 9.17) is 0 Å². The molecule has 98 valence electrons. The zero-order chi connectivity index (χ0) is 13.8. The van der Waals surface area contributed by atoms with Gasteiger partial charge in [-0.05, 0) is 24.6 Å². The van der Waals surface area contributed by atoms with Crippen molar-refractivity contribution in [3.63, 3.8) is 0 Å². The Morgan fingerprint density at radius 3 is 2.37 bits per heavy atom. The van der Waals surface area contributed by atoms with Gasteiger partial charge in [-0.1, -0.05) is 12.1 Å². The summed E-state index contributed by atoms with van der Waals surface area (Å²) in [6.07, 6.45) is 2.26. The third-order valence-corrected chi connectivity index (χ3v) is 2.56. The van der Waals surface area contributed by atoms with Gasteiger partial charge in [-0.3, -0.25) is 10.1 Å². The number of nitro groups is 1. The highest BCUT2D eigenvalue weighted by molar-refractivity contribution is 5.34. The summed E-state index contributed by atoms with van der Waals surface area (Å²) in [4.78, 5) is 17.6. The van der Waals surface area contributed by atoms with Crippen LogP contribution in [0.2, 0.25) is 0 Å². The first-order valence-electron chi connectivity index (χ1n) is 5.54. The van der Waals surface area contributed by atoms with Crippen molar-refractivity contribution >= 4 is 11.6 Å². The van der Waals surface area contributed by atoms with Gasteiger partial charge in [-0.15, -0.1) is 0 Å². The van der Waals surface area contributed by atoms with Gasteiger partial charge in [0.05, 0.1) is 11.0 Å². The van der Waals surface area contributed by atoms with Crippen LogP contribution in [-0.4, -0.2) is 14.9 Å². The largest absolute Gasteiger partial charge is 0.348 e. The topological polar surface area (TPSA) is 81.0 Å². The van der Waals surface area contributed by atoms with Gasteiger partial charge in [0.15, 0.2) is 0 Å². The van der Waals surface area contributed by atoms with Gasteiger partial charge in [-0.2, -0.15) is 0 Å². The molecule has 0 saturated heterocycles. The molecule has 0 aliphatic rings. The second-order valence-corrected chi connectivity index (χ2v) is 3.94. The van der Waals surface area contributed by atoms with Crippen molar-refractivity contribution in [1.82, 2.24) is 9.97 Å². The summed E-state index contributed by atoms with van der Waals surface area (Å²) >= 11 is 0. The van der Waals surface area contributed by atoms with Crippen LogP contribution in [-0.2, 0) is 0 Å². The minimum absolute atomic E-state index is 0.137. The molecule has 6 nitrogen and oxygen atoms in total. The molecular formula is C12H11FN4O2. The van der Waals surface area contributed by atoms with E-state index < -0.39 is 4.92 Å². The Kier molecular flexibility index (Phi) is 3.65. The Morgan fingerprint density at radius 1 is 1.26 bits per heavy atom. The van der Waals surface area contributed by atoms with Crippen molar-refractivity contribution in [2.45, 2.75) is 13.0 Å². The minimum Gasteiger partial charge on any atom is -0.348 e. The summed E-state index contributed by atoms with van der Waals surface area (Å²) in [6.45, 7) is 1.86. The molecule has 0 fully saturated rings. The summed E-state index contributed by atoms with van der Waals surface area (Å²) in [5, 5.41) is 13.4. The first-order chi connectivity index (χ1) is 9.06. The lowest BCUT2D eigenvalue weighted by atomic mass is 10.1. The minimum atomic E-state index is -0.562. The number of benzene rings is 1. The SMILES string of the molecule is CC(Nc1ncc([N+](=O)[O-])cn1)c1ccc(F)cc1. The quantitative estimate of drug-likeness (QED) is 0.676. The molecule has 1 N–H and O–H groups in total. The Balaban J connectivity index is 2.08. The van der Waals surface area contributed by atoms with Gasteiger partial charge in [0.2, 0.25) is 5.95 Å². The van der Waals surface area contributed by atoms with Crippen LogP contribution in [0.5, 0.6) is 0 Å².